The third-order valence-electron chi connectivity index (χ3n) is 6.83. The van der Waals surface area contributed by atoms with Crippen LogP contribution < -0.4 is 0 Å². The predicted molar refractivity (Wildman–Crippen MR) is 128 cm³/mol. The van der Waals surface area contributed by atoms with Crippen LogP contribution in [0.25, 0.3) is 10.9 Å². The van der Waals surface area contributed by atoms with Crippen LogP contribution in [0.1, 0.15) is 40.2 Å². The number of aromatic nitrogens is 1. The lowest BCUT2D eigenvalue weighted by Gasteiger charge is -2.33. The number of ketones is 1. The summed E-state index contributed by atoms with van der Waals surface area (Å²) in [6.45, 7) is 2.84. The first-order valence-corrected chi connectivity index (χ1v) is 12.0. The maximum Gasteiger partial charge on any atom is 0.295 e. The number of piperazine rings is 1. The summed E-state index contributed by atoms with van der Waals surface area (Å²) >= 11 is 0. The van der Waals surface area contributed by atoms with Crippen LogP contribution in [0.5, 0.6) is 0 Å². The Hall–Kier alpha value is -3.88. The van der Waals surface area contributed by atoms with Crippen molar-refractivity contribution >= 4 is 34.4 Å². The number of piperidine rings is 1. The van der Waals surface area contributed by atoms with Gasteiger partial charge in [-0.15, -0.1) is 0 Å². The molecule has 0 aliphatic carbocycles. The molecule has 2 aliphatic rings. The highest BCUT2D eigenvalue weighted by Gasteiger charge is 2.31. The number of benzene rings is 1. The highest BCUT2D eigenvalue weighted by Crippen LogP contribution is 2.23. The summed E-state index contributed by atoms with van der Waals surface area (Å²) < 4.78 is 6.94. The number of para-hydroxylation sites is 1. The maximum atomic E-state index is 13.3. The summed E-state index contributed by atoms with van der Waals surface area (Å²) in [5, 5.41) is 0.656. The lowest BCUT2D eigenvalue weighted by molar-refractivity contribution is -0.132. The maximum absolute atomic E-state index is 13.3. The van der Waals surface area contributed by atoms with E-state index in [0.717, 1.165) is 37.9 Å². The van der Waals surface area contributed by atoms with Crippen molar-refractivity contribution in [3.05, 3.63) is 60.2 Å². The molecule has 35 heavy (non-hydrogen) atoms. The van der Waals surface area contributed by atoms with E-state index in [1.807, 2.05) is 23.1 Å². The Morgan fingerprint density at radius 3 is 2.20 bits per heavy atom. The minimum atomic E-state index is -0.601. The zero-order valence-corrected chi connectivity index (χ0v) is 19.5. The van der Waals surface area contributed by atoms with Crippen LogP contribution in [-0.4, -0.2) is 82.0 Å². The van der Waals surface area contributed by atoms with Crippen molar-refractivity contribution in [3.8, 4) is 0 Å². The predicted octanol–water partition coefficient (Wildman–Crippen LogP) is 2.41. The van der Waals surface area contributed by atoms with Gasteiger partial charge < -0.3 is 23.7 Å². The molecule has 0 spiro atoms. The van der Waals surface area contributed by atoms with Crippen molar-refractivity contribution in [1.82, 2.24) is 19.3 Å². The number of nitrogens with zero attached hydrogens (tertiary/aromatic N) is 4. The van der Waals surface area contributed by atoms with Crippen LogP contribution in [0, 0.1) is 0 Å². The fourth-order valence-electron chi connectivity index (χ4n) is 4.88. The molecule has 5 rings (SSSR count). The van der Waals surface area contributed by atoms with Gasteiger partial charge in [0.15, 0.2) is 5.76 Å². The minimum Gasteiger partial charge on any atom is -0.459 e. The Morgan fingerprint density at radius 1 is 0.771 bits per heavy atom. The number of carbonyl (C=O) groups excluding carboxylic acids is 4. The number of hydrogen-bond donors (Lipinski definition) is 0. The number of rotatable bonds is 5. The molecule has 0 bridgehead atoms. The van der Waals surface area contributed by atoms with Crippen LogP contribution in [0.2, 0.25) is 0 Å². The number of hydrogen-bond acceptors (Lipinski definition) is 5. The largest absolute Gasteiger partial charge is 0.459 e. The quantitative estimate of drug-likeness (QED) is 0.416. The molecule has 0 radical (unpaired) electrons. The van der Waals surface area contributed by atoms with Gasteiger partial charge in [-0.1, -0.05) is 18.2 Å². The molecule has 9 nitrogen and oxygen atoms in total. The van der Waals surface area contributed by atoms with Gasteiger partial charge in [0.25, 0.3) is 17.6 Å². The molecule has 0 saturated carbocycles. The first-order chi connectivity index (χ1) is 17.0. The Morgan fingerprint density at radius 2 is 1.49 bits per heavy atom. The third kappa shape index (κ3) is 4.58. The van der Waals surface area contributed by atoms with Crippen molar-refractivity contribution in [2.45, 2.75) is 25.8 Å². The lowest BCUT2D eigenvalue weighted by atomic mass is 10.1. The van der Waals surface area contributed by atoms with Gasteiger partial charge in [-0.2, -0.15) is 0 Å². The summed E-state index contributed by atoms with van der Waals surface area (Å²) in [6, 6.07) is 10.6. The molecular formula is C26H28N4O5. The van der Waals surface area contributed by atoms with Crippen LogP contribution in [0.3, 0.4) is 0 Å². The van der Waals surface area contributed by atoms with Gasteiger partial charge >= 0.3 is 0 Å². The summed E-state index contributed by atoms with van der Waals surface area (Å²) in [6.07, 6.45) is 6.24. The monoisotopic (exact) mass is 476 g/mol. The van der Waals surface area contributed by atoms with E-state index in [9.17, 15) is 19.2 Å². The number of furan rings is 1. The first kappa shape index (κ1) is 22.9. The second-order valence-electron chi connectivity index (χ2n) is 9.02. The zero-order valence-electron chi connectivity index (χ0n) is 19.5. The van der Waals surface area contributed by atoms with Crippen molar-refractivity contribution in [2.75, 3.05) is 39.3 Å². The van der Waals surface area contributed by atoms with E-state index in [4.69, 9.17) is 4.42 Å². The molecule has 0 unspecified atom stereocenters. The third-order valence-corrected chi connectivity index (χ3v) is 6.83. The van der Waals surface area contributed by atoms with Gasteiger partial charge in [-0.3, -0.25) is 19.2 Å². The number of carbonyl (C=O) groups is 4. The Balaban J connectivity index is 1.29. The number of Topliss-reactive ketones (excluding diaryl/α,β-unsaturated/α-hetero) is 1. The average molecular weight is 477 g/mol. The lowest BCUT2D eigenvalue weighted by Crippen LogP contribution is -2.52. The molecule has 3 amide bonds. The van der Waals surface area contributed by atoms with Gasteiger partial charge in [0, 0.05) is 56.4 Å². The van der Waals surface area contributed by atoms with E-state index in [-0.39, 0.29) is 37.2 Å². The summed E-state index contributed by atoms with van der Waals surface area (Å²) in [5.74, 6) is -1.15. The number of amides is 3. The highest BCUT2D eigenvalue weighted by molar-refractivity contribution is 6.44. The van der Waals surface area contributed by atoms with Gasteiger partial charge in [0.05, 0.1) is 11.8 Å². The van der Waals surface area contributed by atoms with Crippen LogP contribution >= 0.6 is 0 Å². The van der Waals surface area contributed by atoms with Crippen molar-refractivity contribution in [1.29, 1.82) is 0 Å². The summed E-state index contributed by atoms with van der Waals surface area (Å²) in [7, 11) is 0. The fraction of sp³-hybridized carbons (Fsp3) is 0.385. The van der Waals surface area contributed by atoms with Gasteiger partial charge in [0.1, 0.15) is 6.54 Å². The number of likely N-dealkylation sites (tertiary alicyclic amines) is 1. The van der Waals surface area contributed by atoms with E-state index >= 15 is 0 Å². The molecule has 0 atom stereocenters. The van der Waals surface area contributed by atoms with E-state index in [1.54, 1.807) is 33.9 Å². The first-order valence-electron chi connectivity index (χ1n) is 12.0. The molecule has 3 aromatic rings. The zero-order chi connectivity index (χ0) is 24.4. The standard InChI is InChI=1S/C26H28N4O5/c31-23(27-10-4-1-5-11-27)18-30-17-20(19-7-2-3-8-21(19)30)24(32)26(34)29-14-12-28(13-15-29)25(33)22-9-6-16-35-22/h2-3,6-9,16-17H,1,4-5,10-15,18H2. The summed E-state index contributed by atoms with van der Waals surface area (Å²) in [4.78, 5) is 56.7. The van der Waals surface area contributed by atoms with Crippen LogP contribution in [0.15, 0.2) is 53.3 Å². The molecule has 2 saturated heterocycles. The second kappa shape index (κ2) is 9.77. The van der Waals surface area contributed by atoms with Crippen molar-refractivity contribution in [2.24, 2.45) is 0 Å². The van der Waals surface area contributed by atoms with E-state index in [0.29, 0.717) is 24.0 Å². The number of fused-ring (bicyclic) bond motifs is 1. The van der Waals surface area contributed by atoms with Crippen LogP contribution in [0.4, 0.5) is 0 Å². The topological polar surface area (TPSA) is 96.1 Å². The Bertz CT molecular complexity index is 1250. The van der Waals surface area contributed by atoms with E-state index < -0.39 is 11.7 Å². The molecule has 2 aromatic heterocycles. The smallest absolute Gasteiger partial charge is 0.295 e. The van der Waals surface area contributed by atoms with E-state index in [1.165, 1.54) is 11.2 Å². The van der Waals surface area contributed by atoms with Crippen molar-refractivity contribution in [3.63, 3.8) is 0 Å². The van der Waals surface area contributed by atoms with E-state index in [2.05, 4.69) is 0 Å². The second-order valence-corrected chi connectivity index (χ2v) is 9.02. The molecule has 2 aliphatic heterocycles. The van der Waals surface area contributed by atoms with Crippen LogP contribution in [-0.2, 0) is 16.1 Å². The Labute approximate surface area is 202 Å². The highest BCUT2D eigenvalue weighted by atomic mass is 16.3. The molecule has 182 valence electrons. The van der Waals surface area contributed by atoms with Gasteiger partial charge in [0.2, 0.25) is 5.91 Å². The molecule has 9 heteroatoms. The minimum absolute atomic E-state index is 0.0214. The summed E-state index contributed by atoms with van der Waals surface area (Å²) in [5.41, 5.74) is 1.05. The molecule has 1 aromatic carbocycles. The molecule has 0 N–H and O–H groups in total. The molecular weight excluding hydrogens is 448 g/mol. The average Bonchev–Trinajstić information content (AvgIpc) is 3.57. The molecule has 2 fully saturated rings. The van der Waals surface area contributed by atoms with Gasteiger partial charge in [-0.05, 0) is 37.5 Å². The normalized spacial score (nSPS) is 16.5. The fourth-order valence-corrected chi connectivity index (χ4v) is 4.88. The Kier molecular flexibility index (Phi) is 6.39. The SMILES string of the molecule is O=C(C(=O)N1CCN(C(=O)c2ccco2)CC1)c1cn(CC(=O)N2CCCCC2)c2ccccc12. The molecule has 4 heterocycles. The van der Waals surface area contributed by atoms with Gasteiger partial charge in [-0.25, -0.2) is 0 Å². The van der Waals surface area contributed by atoms with Crippen molar-refractivity contribution < 1.29 is 23.6 Å².